The van der Waals surface area contributed by atoms with Crippen molar-refractivity contribution < 1.29 is 4.79 Å². The molecule has 0 saturated heterocycles. The third-order valence-electron chi connectivity index (χ3n) is 3.65. The summed E-state index contributed by atoms with van der Waals surface area (Å²) in [4.78, 5) is 13.2. The number of aromatic nitrogens is 5. The predicted molar refractivity (Wildman–Crippen MR) is 105 cm³/mol. The van der Waals surface area contributed by atoms with Gasteiger partial charge in [0.05, 0.1) is 16.3 Å². The van der Waals surface area contributed by atoms with E-state index < -0.39 is 0 Å². The number of carbonyl (C=O) groups excluding carboxylic acids is 1. The number of nitrogens with two attached hydrogens (primary N) is 1. The van der Waals surface area contributed by atoms with Gasteiger partial charge in [-0.2, -0.15) is 5.10 Å². The zero-order valence-electron chi connectivity index (χ0n) is 15.1. The Morgan fingerprint density at radius 1 is 1.38 bits per heavy atom. The molecule has 0 spiro atoms. The van der Waals surface area contributed by atoms with Crippen LogP contribution < -0.4 is 11.2 Å². The van der Waals surface area contributed by atoms with Crippen molar-refractivity contribution in [1.29, 1.82) is 0 Å². The summed E-state index contributed by atoms with van der Waals surface area (Å²) in [5, 5.41) is 17.9. The van der Waals surface area contributed by atoms with Crippen LogP contribution in [-0.4, -0.2) is 36.3 Å². The molecule has 0 bridgehead atoms. The van der Waals surface area contributed by atoms with Crippen molar-refractivity contribution in [1.82, 2.24) is 24.7 Å². The first-order valence-electron chi connectivity index (χ1n) is 7.97. The zero-order chi connectivity index (χ0) is 18.9. The van der Waals surface area contributed by atoms with E-state index in [0.717, 1.165) is 10.6 Å². The number of thioether (sulfide) groups is 1. The molecule has 3 aromatic rings. The molecule has 0 unspecified atom stereocenters. The molecule has 0 fully saturated rings. The molecule has 3 rings (SSSR count). The number of nitrogen functional groups attached to an aromatic ring is 1. The van der Waals surface area contributed by atoms with Gasteiger partial charge < -0.3 is 11.2 Å². The standard InChI is InChI=1S/C16H21N7OS2/c1-16(2,3)11-8-12(22(4)21-11)18-13(24)9-26-15-20-19-14(23(15)17)10-6-5-7-25-10/h5-8H,9,17H2,1-4H3,(H,18,24). The van der Waals surface area contributed by atoms with Gasteiger partial charge in [-0.1, -0.05) is 38.6 Å². The lowest BCUT2D eigenvalue weighted by molar-refractivity contribution is -0.113. The van der Waals surface area contributed by atoms with Crippen LogP contribution in [0.25, 0.3) is 10.7 Å². The Morgan fingerprint density at radius 3 is 2.77 bits per heavy atom. The van der Waals surface area contributed by atoms with E-state index in [2.05, 4.69) is 41.4 Å². The molecular formula is C16H21N7OS2. The maximum atomic E-state index is 12.3. The Hall–Kier alpha value is -2.33. The Morgan fingerprint density at radius 2 is 2.15 bits per heavy atom. The van der Waals surface area contributed by atoms with E-state index in [-0.39, 0.29) is 17.1 Å². The Bertz CT molecular complexity index is 906. The minimum Gasteiger partial charge on any atom is -0.335 e. The van der Waals surface area contributed by atoms with Crippen molar-refractivity contribution in [3.8, 4) is 10.7 Å². The molecule has 0 saturated carbocycles. The third-order valence-corrected chi connectivity index (χ3v) is 5.46. The summed E-state index contributed by atoms with van der Waals surface area (Å²) in [6.45, 7) is 6.24. The van der Waals surface area contributed by atoms with Gasteiger partial charge in [0.15, 0.2) is 5.82 Å². The maximum Gasteiger partial charge on any atom is 0.235 e. The Balaban J connectivity index is 1.63. The summed E-state index contributed by atoms with van der Waals surface area (Å²) in [5.74, 6) is 7.31. The summed E-state index contributed by atoms with van der Waals surface area (Å²) >= 11 is 2.77. The molecule has 0 atom stereocenters. The number of aryl methyl sites for hydroxylation is 1. The first-order chi connectivity index (χ1) is 12.3. The van der Waals surface area contributed by atoms with Gasteiger partial charge in [-0.25, -0.2) is 4.68 Å². The number of hydrogen-bond donors (Lipinski definition) is 2. The lowest BCUT2D eigenvalue weighted by atomic mass is 9.92. The van der Waals surface area contributed by atoms with E-state index in [1.165, 1.54) is 27.8 Å². The molecular weight excluding hydrogens is 370 g/mol. The number of nitrogens with zero attached hydrogens (tertiary/aromatic N) is 5. The number of hydrogen-bond acceptors (Lipinski definition) is 7. The van der Waals surface area contributed by atoms with Gasteiger partial charge in [-0.15, -0.1) is 21.5 Å². The quantitative estimate of drug-likeness (QED) is 0.511. The van der Waals surface area contributed by atoms with Crippen LogP contribution in [0.1, 0.15) is 26.5 Å². The first kappa shape index (κ1) is 18.5. The van der Waals surface area contributed by atoms with E-state index in [1.807, 2.05) is 30.6 Å². The lowest BCUT2D eigenvalue weighted by Gasteiger charge is -2.13. The van der Waals surface area contributed by atoms with E-state index in [1.54, 1.807) is 4.68 Å². The largest absolute Gasteiger partial charge is 0.335 e. The summed E-state index contributed by atoms with van der Waals surface area (Å²) in [7, 11) is 1.81. The van der Waals surface area contributed by atoms with Gasteiger partial charge in [0.25, 0.3) is 0 Å². The van der Waals surface area contributed by atoms with Gasteiger partial charge in [-0.05, 0) is 11.4 Å². The fourth-order valence-corrected chi connectivity index (χ4v) is 3.57. The van der Waals surface area contributed by atoms with Gasteiger partial charge in [0.2, 0.25) is 11.1 Å². The first-order valence-corrected chi connectivity index (χ1v) is 9.84. The highest BCUT2D eigenvalue weighted by molar-refractivity contribution is 7.99. The lowest BCUT2D eigenvalue weighted by Crippen LogP contribution is -2.17. The fourth-order valence-electron chi connectivity index (χ4n) is 2.21. The van der Waals surface area contributed by atoms with Crippen molar-refractivity contribution >= 4 is 34.8 Å². The van der Waals surface area contributed by atoms with E-state index in [9.17, 15) is 4.79 Å². The molecule has 3 N–H and O–H groups in total. The van der Waals surface area contributed by atoms with Gasteiger partial charge in [0, 0.05) is 18.5 Å². The van der Waals surface area contributed by atoms with Crippen LogP contribution in [-0.2, 0) is 17.3 Å². The van der Waals surface area contributed by atoms with Crippen LogP contribution >= 0.6 is 23.1 Å². The average molecular weight is 392 g/mol. The monoisotopic (exact) mass is 391 g/mol. The van der Waals surface area contributed by atoms with Crippen LogP contribution in [0.2, 0.25) is 0 Å². The highest BCUT2D eigenvalue weighted by Crippen LogP contribution is 2.26. The van der Waals surface area contributed by atoms with Gasteiger partial charge >= 0.3 is 0 Å². The Labute approximate surface area is 159 Å². The number of rotatable bonds is 5. The van der Waals surface area contributed by atoms with Crippen LogP contribution in [0.5, 0.6) is 0 Å². The molecule has 0 aromatic carbocycles. The van der Waals surface area contributed by atoms with Gasteiger partial charge in [0.1, 0.15) is 5.82 Å². The molecule has 0 aliphatic heterocycles. The minimum absolute atomic E-state index is 0.0797. The maximum absolute atomic E-state index is 12.3. The van der Waals surface area contributed by atoms with Crippen molar-refractivity contribution in [2.45, 2.75) is 31.3 Å². The van der Waals surface area contributed by atoms with Crippen LogP contribution in [0.15, 0.2) is 28.7 Å². The molecule has 1 amide bonds. The normalized spacial score (nSPS) is 11.7. The predicted octanol–water partition coefficient (Wildman–Crippen LogP) is 2.48. The van der Waals surface area contributed by atoms with Crippen molar-refractivity contribution in [2.24, 2.45) is 7.05 Å². The molecule has 3 aromatic heterocycles. The molecule has 10 heteroatoms. The summed E-state index contributed by atoms with van der Waals surface area (Å²) < 4.78 is 3.08. The zero-order valence-corrected chi connectivity index (χ0v) is 16.7. The molecule has 3 heterocycles. The Kier molecular flexibility index (Phi) is 5.05. The summed E-state index contributed by atoms with van der Waals surface area (Å²) in [6, 6.07) is 5.74. The van der Waals surface area contributed by atoms with Crippen LogP contribution in [0.4, 0.5) is 5.82 Å². The van der Waals surface area contributed by atoms with Crippen molar-refractivity contribution in [3.63, 3.8) is 0 Å². The smallest absolute Gasteiger partial charge is 0.235 e. The highest BCUT2D eigenvalue weighted by atomic mass is 32.2. The van der Waals surface area contributed by atoms with Crippen molar-refractivity contribution in [2.75, 3.05) is 16.9 Å². The number of thiophene rings is 1. The minimum atomic E-state index is -0.154. The number of carbonyl (C=O) groups is 1. The second kappa shape index (κ2) is 7.12. The summed E-state index contributed by atoms with van der Waals surface area (Å²) in [5.41, 5.74) is 0.842. The average Bonchev–Trinajstić information content (AvgIpc) is 3.26. The second-order valence-electron chi connectivity index (χ2n) is 6.78. The van der Waals surface area contributed by atoms with Crippen LogP contribution in [0.3, 0.4) is 0 Å². The van der Waals surface area contributed by atoms with Crippen molar-refractivity contribution in [3.05, 3.63) is 29.3 Å². The fraction of sp³-hybridized carbons (Fsp3) is 0.375. The number of amides is 1. The molecule has 0 aliphatic rings. The summed E-state index contributed by atoms with van der Waals surface area (Å²) in [6.07, 6.45) is 0. The van der Waals surface area contributed by atoms with E-state index in [4.69, 9.17) is 5.84 Å². The highest BCUT2D eigenvalue weighted by Gasteiger charge is 2.20. The molecule has 138 valence electrons. The SMILES string of the molecule is Cn1nc(C(C)(C)C)cc1NC(=O)CSc1nnc(-c2cccs2)n1N. The second-order valence-corrected chi connectivity index (χ2v) is 8.67. The topological polar surface area (TPSA) is 104 Å². The number of anilines is 1. The molecule has 0 aliphatic carbocycles. The van der Waals surface area contributed by atoms with Gasteiger partial charge in [-0.3, -0.25) is 9.48 Å². The molecule has 0 radical (unpaired) electrons. The number of nitrogens with one attached hydrogen (secondary N) is 1. The van der Waals surface area contributed by atoms with Crippen LogP contribution in [0, 0.1) is 0 Å². The van der Waals surface area contributed by atoms with E-state index >= 15 is 0 Å². The van der Waals surface area contributed by atoms with E-state index in [0.29, 0.717) is 16.8 Å². The third kappa shape index (κ3) is 3.91. The molecule has 8 nitrogen and oxygen atoms in total. The molecule has 26 heavy (non-hydrogen) atoms.